The molecule has 3 N–H and O–H groups in total. The zero-order chi connectivity index (χ0) is 13.7. The van der Waals surface area contributed by atoms with Crippen LogP contribution in [0, 0.1) is 5.92 Å². The van der Waals surface area contributed by atoms with Crippen molar-refractivity contribution in [3.63, 3.8) is 0 Å². The van der Waals surface area contributed by atoms with Gasteiger partial charge in [-0.2, -0.15) is 0 Å². The topological polar surface area (TPSA) is 58.4 Å². The zero-order valence-corrected chi connectivity index (χ0v) is 11.8. The third kappa shape index (κ3) is 4.20. The van der Waals surface area contributed by atoms with E-state index < -0.39 is 0 Å². The van der Waals surface area contributed by atoms with Gasteiger partial charge in [-0.1, -0.05) is 24.6 Å². The maximum absolute atomic E-state index is 11.4. The van der Waals surface area contributed by atoms with Crippen molar-refractivity contribution in [2.45, 2.75) is 13.5 Å². The van der Waals surface area contributed by atoms with E-state index in [4.69, 9.17) is 17.3 Å². The summed E-state index contributed by atoms with van der Waals surface area (Å²) in [7, 11) is 3.63. The predicted molar refractivity (Wildman–Crippen MR) is 75.4 cm³/mol. The second-order valence-corrected chi connectivity index (χ2v) is 4.98. The number of carbonyl (C=O) groups is 1. The number of hydrogen-bond acceptors (Lipinski definition) is 3. The normalized spacial score (nSPS) is 12.5. The summed E-state index contributed by atoms with van der Waals surface area (Å²) < 4.78 is 0. The molecule has 0 bridgehead atoms. The van der Waals surface area contributed by atoms with Crippen LogP contribution in [-0.4, -0.2) is 31.4 Å². The Kier molecular flexibility index (Phi) is 5.44. The molecule has 1 unspecified atom stereocenters. The first kappa shape index (κ1) is 14.8. The van der Waals surface area contributed by atoms with Crippen molar-refractivity contribution in [2.24, 2.45) is 5.92 Å². The number of hydrogen-bond donors (Lipinski definition) is 2. The quantitative estimate of drug-likeness (QED) is 0.801. The van der Waals surface area contributed by atoms with Crippen LogP contribution in [0.15, 0.2) is 18.2 Å². The number of nitrogens with one attached hydrogen (secondary N) is 1. The number of carbonyl (C=O) groups excluding carboxylic acids is 1. The van der Waals surface area contributed by atoms with Gasteiger partial charge in [-0.05, 0) is 24.7 Å². The molecule has 0 heterocycles. The van der Waals surface area contributed by atoms with Crippen molar-refractivity contribution in [3.05, 3.63) is 28.8 Å². The van der Waals surface area contributed by atoms with Crippen LogP contribution >= 0.6 is 11.6 Å². The fourth-order valence-electron chi connectivity index (χ4n) is 1.86. The van der Waals surface area contributed by atoms with Crippen LogP contribution in [0.4, 0.5) is 5.69 Å². The van der Waals surface area contributed by atoms with Gasteiger partial charge in [0.05, 0.1) is 10.7 Å². The minimum atomic E-state index is -0.0374. The van der Waals surface area contributed by atoms with E-state index in [0.717, 1.165) is 12.1 Å². The Labute approximate surface area is 113 Å². The number of halogens is 1. The molecule has 0 aliphatic rings. The van der Waals surface area contributed by atoms with E-state index in [1.54, 1.807) is 13.1 Å². The number of nitrogens with two attached hydrogens (primary N) is 1. The van der Waals surface area contributed by atoms with Gasteiger partial charge in [0.1, 0.15) is 0 Å². The van der Waals surface area contributed by atoms with Gasteiger partial charge in [0.2, 0.25) is 5.91 Å². The van der Waals surface area contributed by atoms with E-state index >= 15 is 0 Å². The molecule has 18 heavy (non-hydrogen) atoms. The summed E-state index contributed by atoms with van der Waals surface area (Å²) in [5, 5.41) is 3.22. The molecular weight excluding hydrogens is 250 g/mol. The molecule has 1 amide bonds. The summed E-state index contributed by atoms with van der Waals surface area (Å²) >= 11 is 5.87. The lowest BCUT2D eigenvalue weighted by Crippen LogP contribution is -2.34. The second-order valence-electron chi connectivity index (χ2n) is 4.57. The van der Waals surface area contributed by atoms with Gasteiger partial charge in [-0.25, -0.2) is 0 Å². The molecule has 1 rings (SSSR count). The van der Waals surface area contributed by atoms with E-state index in [9.17, 15) is 4.79 Å². The maximum Gasteiger partial charge on any atom is 0.223 e. The minimum absolute atomic E-state index is 0.0374. The highest BCUT2D eigenvalue weighted by atomic mass is 35.5. The van der Waals surface area contributed by atoms with Gasteiger partial charge in [-0.15, -0.1) is 0 Å². The summed E-state index contributed by atoms with van der Waals surface area (Å²) in [4.78, 5) is 13.5. The van der Waals surface area contributed by atoms with Crippen LogP contribution < -0.4 is 11.1 Å². The largest absolute Gasteiger partial charge is 0.398 e. The number of anilines is 1. The predicted octanol–water partition coefficient (Wildman–Crippen LogP) is 1.74. The van der Waals surface area contributed by atoms with Gasteiger partial charge >= 0.3 is 0 Å². The molecule has 0 aliphatic carbocycles. The molecule has 100 valence electrons. The van der Waals surface area contributed by atoms with Crippen molar-refractivity contribution in [1.82, 2.24) is 10.2 Å². The molecule has 0 fully saturated rings. The summed E-state index contributed by atoms with van der Waals surface area (Å²) in [6.45, 7) is 3.34. The molecule has 0 spiro atoms. The Bertz CT molecular complexity index is 423. The Hall–Kier alpha value is -1.26. The smallest absolute Gasteiger partial charge is 0.223 e. The van der Waals surface area contributed by atoms with Gasteiger partial charge in [0.15, 0.2) is 0 Å². The molecule has 1 atom stereocenters. The summed E-state index contributed by atoms with van der Waals surface area (Å²) in [5.74, 6) is 0.0158. The van der Waals surface area contributed by atoms with Crippen molar-refractivity contribution >= 4 is 23.2 Å². The Morgan fingerprint density at radius 1 is 1.56 bits per heavy atom. The molecule has 1 aromatic carbocycles. The van der Waals surface area contributed by atoms with Gasteiger partial charge in [0.25, 0.3) is 0 Å². The molecular formula is C13H20ClN3O. The van der Waals surface area contributed by atoms with Gasteiger partial charge < -0.3 is 16.0 Å². The number of nitrogen functional groups attached to an aromatic ring is 1. The first-order valence-electron chi connectivity index (χ1n) is 5.88. The SMILES string of the molecule is CNC(=O)C(C)CN(C)Cc1ccc(Cl)c(N)c1. The van der Waals surface area contributed by atoms with E-state index in [1.807, 2.05) is 26.1 Å². The monoisotopic (exact) mass is 269 g/mol. The van der Waals surface area contributed by atoms with Crippen LogP contribution in [0.2, 0.25) is 5.02 Å². The molecule has 4 nitrogen and oxygen atoms in total. The number of rotatable bonds is 5. The van der Waals surface area contributed by atoms with E-state index in [1.165, 1.54) is 0 Å². The summed E-state index contributed by atoms with van der Waals surface area (Å²) in [6.07, 6.45) is 0. The Balaban J connectivity index is 2.56. The molecule has 0 saturated carbocycles. The van der Waals surface area contributed by atoms with Crippen LogP contribution in [0.3, 0.4) is 0 Å². The first-order chi connectivity index (χ1) is 8.43. The van der Waals surface area contributed by atoms with Crippen LogP contribution in [0.1, 0.15) is 12.5 Å². The molecule has 0 aliphatic heterocycles. The van der Waals surface area contributed by atoms with Crippen LogP contribution in [0.25, 0.3) is 0 Å². The lowest BCUT2D eigenvalue weighted by Gasteiger charge is -2.20. The van der Waals surface area contributed by atoms with E-state index in [0.29, 0.717) is 17.3 Å². The number of benzene rings is 1. The molecule has 0 aromatic heterocycles. The lowest BCUT2D eigenvalue weighted by molar-refractivity contribution is -0.124. The third-order valence-corrected chi connectivity index (χ3v) is 3.14. The minimum Gasteiger partial charge on any atom is -0.398 e. The van der Waals surface area contributed by atoms with E-state index in [-0.39, 0.29) is 11.8 Å². The van der Waals surface area contributed by atoms with Crippen molar-refractivity contribution in [1.29, 1.82) is 0 Å². The number of amides is 1. The standard InChI is InChI=1S/C13H20ClN3O/c1-9(13(18)16-2)7-17(3)8-10-4-5-11(14)12(15)6-10/h4-6,9H,7-8,15H2,1-3H3,(H,16,18). The van der Waals surface area contributed by atoms with Crippen molar-refractivity contribution in [2.75, 3.05) is 26.4 Å². The molecule has 5 heteroatoms. The highest BCUT2D eigenvalue weighted by Gasteiger charge is 2.13. The van der Waals surface area contributed by atoms with E-state index in [2.05, 4.69) is 10.2 Å². The van der Waals surface area contributed by atoms with Crippen LogP contribution in [0.5, 0.6) is 0 Å². The summed E-state index contributed by atoms with van der Waals surface area (Å²) in [6, 6.07) is 5.60. The fourth-order valence-corrected chi connectivity index (χ4v) is 1.98. The lowest BCUT2D eigenvalue weighted by atomic mass is 10.1. The molecule has 0 saturated heterocycles. The Morgan fingerprint density at radius 3 is 2.78 bits per heavy atom. The molecule has 0 radical (unpaired) electrons. The van der Waals surface area contributed by atoms with Gasteiger partial charge in [0, 0.05) is 26.1 Å². The average Bonchev–Trinajstić information content (AvgIpc) is 2.32. The molecule has 1 aromatic rings. The van der Waals surface area contributed by atoms with Crippen molar-refractivity contribution < 1.29 is 4.79 Å². The zero-order valence-electron chi connectivity index (χ0n) is 11.0. The first-order valence-corrected chi connectivity index (χ1v) is 6.26. The summed E-state index contributed by atoms with van der Waals surface area (Å²) in [5.41, 5.74) is 7.42. The Morgan fingerprint density at radius 2 is 2.22 bits per heavy atom. The van der Waals surface area contributed by atoms with Gasteiger partial charge in [-0.3, -0.25) is 4.79 Å². The highest BCUT2D eigenvalue weighted by Crippen LogP contribution is 2.20. The van der Waals surface area contributed by atoms with Crippen molar-refractivity contribution in [3.8, 4) is 0 Å². The number of nitrogens with zero attached hydrogens (tertiary/aromatic N) is 1. The highest BCUT2D eigenvalue weighted by molar-refractivity contribution is 6.33. The maximum atomic E-state index is 11.4. The second kappa shape index (κ2) is 6.61. The third-order valence-electron chi connectivity index (χ3n) is 2.79. The van der Waals surface area contributed by atoms with Crippen LogP contribution in [-0.2, 0) is 11.3 Å². The average molecular weight is 270 g/mol. The fraction of sp³-hybridized carbons (Fsp3) is 0.462.